The average molecular weight is 435 g/mol. The maximum Gasteiger partial charge on any atom is 0.271 e. The molecule has 2 atom stereocenters. The normalized spacial score (nSPS) is 18.3. The number of nitrogens with zero attached hydrogens (tertiary/aromatic N) is 3. The number of fused-ring (bicyclic) bond motifs is 3. The van der Waals surface area contributed by atoms with E-state index in [1.807, 2.05) is 81.1 Å². The Balaban J connectivity index is 1.65. The first-order valence-electron chi connectivity index (χ1n) is 10.5. The maximum atomic E-state index is 13.0. The molecule has 2 aliphatic heterocycles. The van der Waals surface area contributed by atoms with Crippen molar-refractivity contribution in [3.63, 3.8) is 0 Å². The van der Waals surface area contributed by atoms with Gasteiger partial charge >= 0.3 is 0 Å². The Kier molecular flexibility index (Phi) is 5.96. The quantitative estimate of drug-likeness (QED) is 0.736. The van der Waals surface area contributed by atoms with Gasteiger partial charge in [-0.2, -0.15) is 4.99 Å². The molecule has 1 N–H and O–H groups in total. The van der Waals surface area contributed by atoms with Crippen molar-refractivity contribution in [2.24, 2.45) is 15.9 Å². The fourth-order valence-corrected chi connectivity index (χ4v) is 4.90. The highest BCUT2D eigenvalue weighted by molar-refractivity contribution is 8.15. The molecule has 0 fully saturated rings. The van der Waals surface area contributed by atoms with Crippen LogP contribution >= 0.6 is 11.8 Å². The van der Waals surface area contributed by atoms with Crippen molar-refractivity contribution >= 4 is 46.0 Å². The molecule has 2 heterocycles. The summed E-state index contributed by atoms with van der Waals surface area (Å²) in [7, 11) is 0. The molecule has 2 aromatic carbocycles. The molecule has 2 unspecified atom stereocenters. The number of nitrogens with one attached hydrogen (secondary N) is 1. The Morgan fingerprint density at radius 1 is 1.16 bits per heavy atom. The minimum Gasteiger partial charge on any atom is -0.325 e. The van der Waals surface area contributed by atoms with Gasteiger partial charge in [0.2, 0.25) is 5.91 Å². The number of carbonyl (C=O) groups is 2. The zero-order valence-electron chi connectivity index (χ0n) is 18.1. The van der Waals surface area contributed by atoms with Gasteiger partial charge in [0.05, 0.1) is 10.9 Å². The second-order valence-corrected chi connectivity index (χ2v) is 9.29. The predicted molar refractivity (Wildman–Crippen MR) is 127 cm³/mol. The third kappa shape index (κ3) is 4.14. The minimum atomic E-state index is -0.410. The standard InChI is InChI=1S/C24H26N4O2S/c1-5-19(22(29)25-16-10-8-9-15(4)13-16)31-24-26-18-12-7-6-11-17(18)21-27-23(30)20(14(2)3)28(21)24/h6-14,19-20H,5H2,1-4H3,(H,25,29). The van der Waals surface area contributed by atoms with E-state index in [1.165, 1.54) is 11.8 Å². The number of aliphatic imine (C=N–C) groups is 2. The van der Waals surface area contributed by atoms with E-state index in [2.05, 4.69) is 10.3 Å². The van der Waals surface area contributed by atoms with Crippen LogP contribution < -0.4 is 5.32 Å². The lowest BCUT2D eigenvalue weighted by molar-refractivity contribution is -0.120. The van der Waals surface area contributed by atoms with Crippen LogP contribution in [0.5, 0.6) is 0 Å². The van der Waals surface area contributed by atoms with Crippen LogP contribution in [0.1, 0.15) is 38.3 Å². The Hall–Kier alpha value is -2.93. The van der Waals surface area contributed by atoms with Crippen LogP contribution in [0, 0.1) is 12.8 Å². The van der Waals surface area contributed by atoms with Gasteiger partial charge in [0.25, 0.3) is 5.91 Å². The largest absolute Gasteiger partial charge is 0.325 e. The van der Waals surface area contributed by atoms with Crippen LogP contribution in [0.15, 0.2) is 58.5 Å². The maximum absolute atomic E-state index is 13.0. The smallest absolute Gasteiger partial charge is 0.271 e. The fraction of sp³-hybridized carbons (Fsp3) is 0.333. The number of anilines is 1. The topological polar surface area (TPSA) is 74.1 Å². The number of rotatable bonds is 5. The van der Waals surface area contributed by atoms with Crippen molar-refractivity contribution in [1.29, 1.82) is 0 Å². The lowest BCUT2D eigenvalue weighted by Gasteiger charge is -2.33. The van der Waals surface area contributed by atoms with Gasteiger partial charge in [-0.25, -0.2) is 4.99 Å². The van der Waals surface area contributed by atoms with Gasteiger partial charge in [0.1, 0.15) is 11.9 Å². The van der Waals surface area contributed by atoms with E-state index in [0.29, 0.717) is 17.4 Å². The van der Waals surface area contributed by atoms with E-state index in [1.54, 1.807) is 0 Å². The van der Waals surface area contributed by atoms with E-state index in [4.69, 9.17) is 4.99 Å². The van der Waals surface area contributed by atoms with Crippen LogP contribution in [0.25, 0.3) is 0 Å². The van der Waals surface area contributed by atoms with Gasteiger partial charge in [-0.15, -0.1) is 0 Å². The van der Waals surface area contributed by atoms with Gasteiger partial charge in [-0.1, -0.05) is 56.8 Å². The molecule has 2 aromatic rings. The molecule has 6 nitrogen and oxygen atoms in total. The summed E-state index contributed by atoms with van der Waals surface area (Å²) in [6.45, 7) is 7.99. The van der Waals surface area contributed by atoms with Gasteiger partial charge < -0.3 is 5.32 Å². The summed E-state index contributed by atoms with van der Waals surface area (Å²) in [6, 6.07) is 15.0. The number of thioether (sulfide) groups is 1. The molecule has 0 aromatic heterocycles. The van der Waals surface area contributed by atoms with Crippen LogP contribution in [0.4, 0.5) is 11.4 Å². The Bertz CT molecular complexity index is 1090. The molecule has 2 amide bonds. The number of hydrogen-bond acceptors (Lipinski definition) is 5. The third-order valence-electron chi connectivity index (χ3n) is 5.37. The Morgan fingerprint density at radius 3 is 2.65 bits per heavy atom. The number of hydrogen-bond donors (Lipinski definition) is 1. The van der Waals surface area contributed by atoms with E-state index < -0.39 is 6.04 Å². The van der Waals surface area contributed by atoms with E-state index in [9.17, 15) is 9.59 Å². The fourth-order valence-electron chi connectivity index (χ4n) is 3.84. The average Bonchev–Trinajstić information content (AvgIpc) is 3.09. The second kappa shape index (κ2) is 8.67. The number of amides is 2. The summed E-state index contributed by atoms with van der Waals surface area (Å²) >= 11 is 1.39. The molecule has 160 valence electrons. The molecule has 0 spiro atoms. The summed E-state index contributed by atoms with van der Waals surface area (Å²) in [5.41, 5.74) is 3.48. The lowest BCUT2D eigenvalue weighted by Crippen LogP contribution is -2.47. The van der Waals surface area contributed by atoms with Crippen LogP contribution in [-0.2, 0) is 9.59 Å². The van der Waals surface area contributed by atoms with E-state index >= 15 is 0 Å². The minimum absolute atomic E-state index is 0.0611. The van der Waals surface area contributed by atoms with Crippen LogP contribution in [0.2, 0.25) is 0 Å². The van der Waals surface area contributed by atoms with Gasteiger partial charge in [0.15, 0.2) is 5.17 Å². The first-order chi connectivity index (χ1) is 14.9. The number of amidine groups is 2. The molecule has 0 saturated carbocycles. The molecule has 0 radical (unpaired) electrons. The number of aryl methyl sites for hydroxylation is 1. The summed E-state index contributed by atoms with van der Waals surface area (Å²) in [5.74, 6) is 0.453. The summed E-state index contributed by atoms with van der Waals surface area (Å²) in [4.78, 5) is 36.9. The second-order valence-electron chi connectivity index (χ2n) is 8.12. The van der Waals surface area contributed by atoms with Crippen molar-refractivity contribution in [1.82, 2.24) is 4.90 Å². The van der Waals surface area contributed by atoms with Crippen molar-refractivity contribution in [2.45, 2.75) is 45.4 Å². The highest BCUT2D eigenvalue weighted by Crippen LogP contribution is 2.37. The molecular formula is C24H26N4O2S. The third-order valence-corrected chi connectivity index (χ3v) is 6.70. The molecule has 0 aliphatic carbocycles. The predicted octanol–water partition coefficient (Wildman–Crippen LogP) is 4.76. The number of benzene rings is 2. The highest BCUT2D eigenvalue weighted by atomic mass is 32.2. The van der Waals surface area contributed by atoms with Crippen molar-refractivity contribution in [3.05, 3.63) is 59.7 Å². The molecule has 31 heavy (non-hydrogen) atoms. The zero-order chi connectivity index (χ0) is 22.1. The monoisotopic (exact) mass is 434 g/mol. The lowest BCUT2D eigenvalue weighted by atomic mass is 10.0. The molecule has 7 heteroatoms. The molecule has 2 aliphatic rings. The highest BCUT2D eigenvalue weighted by Gasteiger charge is 2.44. The van der Waals surface area contributed by atoms with E-state index in [-0.39, 0.29) is 23.0 Å². The molecular weight excluding hydrogens is 408 g/mol. The van der Waals surface area contributed by atoms with Crippen LogP contribution in [0.3, 0.4) is 0 Å². The summed E-state index contributed by atoms with van der Waals surface area (Å²) in [6.07, 6.45) is 0.629. The summed E-state index contributed by atoms with van der Waals surface area (Å²) < 4.78 is 0. The SMILES string of the molecule is CCC(SC1=Nc2ccccc2C2=NC(=O)C(C(C)C)N12)C(=O)Nc1cccc(C)c1. The summed E-state index contributed by atoms with van der Waals surface area (Å²) in [5, 5.41) is 3.31. The molecule has 0 bridgehead atoms. The van der Waals surface area contributed by atoms with Gasteiger partial charge in [-0.3, -0.25) is 14.5 Å². The molecule has 4 rings (SSSR count). The van der Waals surface area contributed by atoms with Crippen molar-refractivity contribution in [3.8, 4) is 0 Å². The Labute approximate surface area is 186 Å². The Morgan fingerprint density at radius 2 is 1.94 bits per heavy atom. The van der Waals surface area contributed by atoms with Gasteiger partial charge in [-0.05, 0) is 49.1 Å². The van der Waals surface area contributed by atoms with E-state index in [0.717, 1.165) is 22.5 Å². The first-order valence-corrected chi connectivity index (χ1v) is 11.4. The molecule has 0 saturated heterocycles. The number of para-hydroxylation sites is 1. The number of carbonyl (C=O) groups excluding carboxylic acids is 2. The van der Waals surface area contributed by atoms with Crippen LogP contribution in [-0.4, -0.2) is 39.0 Å². The van der Waals surface area contributed by atoms with Gasteiger partial charge in [0, 0.05) is 11.3 Å². The zero-order valence-corrected chi connectivity index (χ0v) is 18.9. The van der Waals surface area contributed by atoms with Crippen molar-refractivity contribution in [2.75, 3.05) is 5.32 Å². The van der Waals surface area contributed by atoms with Crippen molar-refractivity contribution < 1.29 is 9.59 Å². The first kappa shape index (κ1) is 21.3.